The molecule has 0 bridgehead atoms. The Balaban J connectivity index is 0.971. The number of fused-ring (bicyclic) bond motifs is 6. The molecule has 0 atom stereocenters. The van der Waals surface area contributed by atoms with Gasteiger partial charge in [-0.3, -0.25) is 19.9 Å². The molecule has 6 heterocycles. The second-order valence-electron chi connectivity index (χ2n) is 22.9. The summed E-state index contributed by atoms with van der Waals surface area (Å²) >= 11 is 0. The molecule has 7 nitrogen and oxygen atoms in total. The highest BCUT2D eigenvalue weighted by molar-refractivity contribution is 6.14. The van der Waals surface area contributed by atoms with E-state index in [1.807, 2.05) is 224 Å². The molecule has 0 amide bonds. The zero-order valence-corrected chi connectivity index (χ0v) is 49.1. The molecule has 0 spiro atoms. The Morgan fingerprint density at radius 1 is 0.272 bits per heavy atom. The lowest BCUT2D eigenvalue weighted by atomic mass is 9.97. The van der Waals surface area contributed by atoms with E-state index in [2.05, 4.69) is 30.3 Å². The average molecular weight is 1190 g/mol. The summed E-state index contributed by atoms with van der Waals surface area (Å²) in [5, 5.41) is 13.3. The van der Waals surface area contributed by atoms with Crippen LogP contribution in [0.15, 0.2) is 304 Å². The zero-order chi connectivity index (χ0) is 61.9. The lowest BCUT2D eigenvalue weighted by molar-refractivity contribution is -0.137. The maximum Gasteiger partial charge on any atom is 0.420 e. The highest BCUT2D eigenvalue weighted by Crippen LogP contribution is 2.48. The van der Waals surface area contributed by atoms with Crippen molar-refractivity contribution >= 4 is 43.6 Å². The molecule has 0 saturated heterocycles. The second kappa shape index (κ2) is 22.7. The van der Waals surface area contributed by atoms with Crippen molar-refractivity contribution in [2.75, 3.05) is 0 Å². The minimum Gasteiger partial charge on any atom is -0.309 e. The molecule has 10 aromatic carbocycles. The highest BCUT2D eigenvalue weighted by atomic mass is 19.4. The first-order valence-corrected chi connectivity index (χ1v) is 30.2. The van der Waals surface area contributed by atoms with Crippen LogP contribution in [-0.2, 0) is 6.18 Å². The lowest BCUT2D eigenvalue weighted by Crippen LogP contribution is -2.16. The van der Waals surface area contributed by atoms with Crippen LogP contribution in [0.25, 0.3) is 156 Å². The summed E-state index contributed by atoms with van der Waals surface area (Å²) in [6.45, 7) is 0. The zero-order valence-electron chi connectivity index (χ0n) is 49.1. The fourth-order valence-electron chi connectivity index (χ4n) is 13.0. The summed E-state index contributed by atoms with van der Waals surface area (Å²) < 4.78 is 56.1. The van der Waals surface area contributed by atoms with Gasteiger partial charge in [-0.2, -0.15) is 18.4 Å². The van der Waals surface area contributed by atoms with E-state index in [1.165, 1.54) is 0 Å². The number of aromatic nitrogens is 6. The molecule has 6 aromatic heterocycles. The van der Waals surface area contributed by atoms with E-state index in [0.717, 1.165) is 111 Å². The van der Waals surface area contributed by atoms with E-state index in [9.17, 15) is 5.26 Å². The van der Waals surface area contributed by atoms with Crippen LogP contribution < -0.4 is 0 Å². The Kier molecular flexibility index (Phi) is 13.6. The predicted octanol–water partition coefficient (Wildman–Crippen LogP) is 21.4. The largest absolute Gasteiger partial charge is 0.420 e. The Morgan fingerprint density at radius 3 is 0.848 bits per heavy atom. The minimum absolute atomic E-state index is 0.0860. The summed E-state index contributed by atoms with van der Waals surface area (Å²) in [7, 11) is 0. The van der Waals surface area contributed by atoms with Crippen LogP contribution in [0.5, 0.6) is 0 Å². The molecule has 10 heteroatoms. The lowest BCUT2D eigenvalue weighted by Gasteiger charge is -2.23. The molecule has 434 valence electrons. The van der Waals surface area contributed by atoms with Gasteiger partial charge in [-0.25, -0.2) is 0 Å². The number of halogens is 3. The predicted molar refractivity (Wildman–Crippen MR) is 365 cm³/mol. The van der Waals surface area contributed by atoms with Gasteiger partial charge in [0.2, 0.25) is 0 Å². The first kappa shape index (κ1) is 55.0. The van der Waals surface area contributed by atoms with Crippen molar-refractivity contribution in [3.63, 3.8) is 0 Å². The maximum absolute atomic E-state index is 17.5. The number of nitriles is 1. The number of benzene rings is 10. The molecule has 0 unspecified atom stereocenters. The van der Waals surface area contributed by atoms with E-state index in [-0.39, 0.29) is 11.4 Å². The minimum atomic E-state index is -4.95. The van der Waals surface area contributed by atoms with Crippen LogP contribution in [0.3, 0.4) is 0 Å². The SMILES string of the molecule is N#Cc1cccc(-c2cc(-n3c4ccc(-c5ccnc(-c6ccccc6)c5)cc4c4cc(-c5ccnc(-c6ccccc6)c5)ccc43)c(C(F)(F)F)c(-n3c4ccc(-c5ccnc(-c6ccccc6)c5)cc4c4cc(-c5ccnc(-c6ccccc6)c5)ccc43)c2)c1. The van der Waals surface area contributed by atoms with E-state index in [0.29, 0.717) is 38.8 Å². The third-order valence-electron chi connectivity index (χ3n) is 17.4. The van der Waals surface area contributed by atoms with Gasteiger partial charge in [0.1, 0.15) is 5.56 Å². The van der Waals surface area contributed by atoms with Crippen LogP contribution >= 0.6 is 0 Å². The summed E-state index contributed by atoms with van der Waals surface area (Å²) in [4.78, 5) is 18.9. The van der Waals surface area contributed by atoms with Gasteiger partial charge in [0.05, 0.1) is 67.8 Å². The van der Waals surface area contributed by atoms with Gasteiger partial charge in [-0.15, -0.1) is 0 Å². The normalized spacial score (nSPS) is 11.6. The van der Waals surface area contributed by atoms with Gasteiger partial charge < -0.3 is 9.13 Å². The van der Waals surface area contributed by atoms with E-state index >= 15 is 13.2 Å². The summed E-state index contributed by atoms with van der Waals surface area (Å²) in [5.41, 5.74) is 16.7. The topological polar surface area (TPSA) is 85.2 Å². The standard InChI is InChI=1S/C82H50F3N7/c83-82(84,85)81-79(91-75-28-24-58(62-32-36-87-71(45-62)53-15-5-1-6-16-53)41-67(75)68-42-59(25-29-76(68)91)63-33-37-88-72(46-63)54-17-7-2-8-18-54)49-66(57-23-13-14-52(40-57)51-86)50-80(81)92-77-30-26-60(64-34-38-89-73(47-64)55-19-9-3-10-20-55)43-69(77)70-44-61(27-31-78(70)92)65-35-39-90-74(48-65)56-21-11-4-12-22-56/h1-50H. The van der Waals surface area contributed by atoms with Gasteiger partial charge in [0.15, 0.2) is 0 Å². The van der Waals surface area contributed by atoms with Gasteiger partial charge in [-0.05, 0) is 177 Å². The quantitative estimate of drug-likeness (QED) is 0.129. The first-order chi connectivity index (χ1) is 45.2. The maximum atomic E-state index is 17.5. The molecule has 16 rings (SSSR count). The molecule has 0 saturated carbocycles. The first-order valence-electron chi connectivity index (χ1n) is 30.2. The molecule has 0 fully saturated rings. The third-order valence-corrected chi connectivity index (χ3v) is 17.4. The van der Waals surface area contributed by atoms with Crippen molar-refractivity contribution in [1.29, 1.82) is 5.26 Å². The molecule has 0 radical (unpaired) electrons. The Morgan fingerprint density at radius 2 is 0.554 bits per heavy atom. The molecule has 0 aliphatic heterocycles. The monoisotopic (exact) mass is 1190 g/mol. The summed E-state index contributed by atoms with van der Waals surface area (Å²) in [5.74, 6) is 0. The van der Waals surface area contributed by atoms with Gasteiger partial charge >= 0.3 is 6.18 Å². The summed E-state index contributed by atoms with van der Waals surface area (Å²) in [6.07, 6.45) is 2.21. The van der Waals surface area contributed by atoms with Crippen molar-refractivity contribution in [3.8, 4) is 118 Å². The fourth-order valence-corrected chi connectivity index (χ4v) is 13.0. The highest BCUT2D eigenvalue weighted by Gasteiger charge is 2.40. The third kappa shape index (κ3) is 10.0. The van der Waals surface area contributed by atoms with Crippen LogP contribution in [-0.4, -0.2) is 29.1 Å². The van der Waals surface area contributed by atoms with Crippen molar-refractivity contribution in [2.45, 2.75) is 6.18 Å². The molecule has 92 heavy (non-hydrogen) atoms. The van der Waals surface area contributed by atoms with Gasteiger partial charge in [0, 0.05) is 68.6 Å². The van der Waals surface area contributed by atoms with E-state index < -0.39 is 11.7 Å². The van der Waals surface area contributed by atoms with Crippen LogP contribution in [0.1, 0.15) is 11.1 Å². The molecule has 0 N–H and O–H groups in total. The number of pyridine rings is 4. The van der Waals surface area contributed by atoms with Crippen molar-refractivity contribution in [3.05, 3.63) is 315 Å². The van der Waals surface area contributed by atoms with Crippen molar-refractivity contribution < 1.29 is 13.2 Å². The number of rotatable bonds is 11. The summed E-state index contributed by atoms with van der Waals surface area (Å²) in [6, 6.07) is 92.5. The van der Waals surface area contributed by atoms with Crippen LogP contribution in [0.4, 0.5) is 13.2 Å². The smallest absolute Gasteiger partial charge is 0.309 e. The van der Waals surface area contributed by atoms with Crippen molar-refractivity contribution in [2.24, 2.45) is 0 Å². The molecular weight excluding hydrogens is 1140 g/mol. The van der Waals surface area contributed by atoms with Gasteiger partial charge in [-0.1, -0.05) is 158 Å². The van der Waals surface area contributed by atoms with Crippen LogP contribution in [0.2, 0.25) is 0 Å². The number of hydrogen-bond acceptors (Lipinski definition) is 5. The molecular formula is C82H50F3N7. The second-order valence-corrected chi connectivity index (χ2v) is 22.9. The number of alkyl halides is 3. The fraction of sp³-hybridized carbons (Fsp3) is 0.0122. The number of hydrogen-bond donors (Lipinski definition) is 0. The Hall–Kier alpha value is -12.3. The molecule has 16 aromatic rings. The Labute approximate surface area is 527 Å². The van der Waals surface area contributed by atoms with E-state index in [4.69, 9.17) is 19.9 Å². The van der Waals surface area contributed by atoms with Crippen molar-refractivity contribution in [1.82, 2.24) is 29.1 Å². The van der Waals surface area contributed by atoms with Crippen LogP contribution in [0, 0.1) is 11.3 Å². The number of nitrogens with zero attached hydrogens (tertiary/aromatic N) is 7. The average Bonchev–Trinajstić information content (AvgIpc) is 1.53. The van der Waals surface area contributed by atoms with Gasteiger partial charge in [0.25, 0.3) is 0 Å². The Bertz CT molecular complexity index is 4990. The molecule has 0 aliphatic carbocycles. The molecule has 0 aliphatic rings. The van der Waals surface area contributed by atoms with E-state index in [1.54, 1.807) is 64.3 Å².